The molecule has 0 aliphatic carbocycles. The zero-order valence-electron chi connectivity index (χ0n) is 5.12. The molecule has 0 fully saturated rings. The van der Waals surface area contributed by atoms with Crippen LogP contribution in [0.1, 0.15) is 0 Å². The Morgan fingerprint density at radius 2 is 2.50 bits per heavy atom. The van der Waals surface area contributed by atoms with Gasteiger partial charge in [0.15, 0.2) is 5.95 Å². The first-order valence-corrected chi connectivity index (χ1v) is 2.74. The van der Waals surface area contributed by atoms with Gasteiger partial charge in [0.25, 0.3) is 0 Å². The molecule has 0 atom stereocenters. The second-order valence-electron chi connectivity index (χ2n) is 1.81. The molecule has 0 aromatic heterocycles. The summed E-state index contributed by atoms with van der Waals surface area (Å²) in [7, 11) is 0. The number of halogens is 1. The predicted octanol–water partition coefficient (Wildman–Crippen LogP) is 1.35. The third-order valence-electron chi connectivity index (χ3n) is 1.15. The van der Waals surface area contributed by atoms with Gasteiger partial charge in [-0.05, 0) is 6.08 Å². The van der Waals surface area contributed by atoms with Crippen LogP contribution in [-0.4, -0.2) is 22.6 Å². The normalized spacial score (nSPS) is 16.9. The number of hydrogen-bond donors (Lipinski definition) is 1. The Kier molecular flexibility index (Phi) is 1.71. The average Bonchev–Trinajstić information content (AvgIpc) is 1.88. The SMILES string of the molecule is O=C(O)N1CC=CC=C1F. The second kappa shape index (κ2) is 2.51. The lowest BCUT2D eigenvalue weighted by Crippen LogP contribution is -2.28. The molecule has 3 nitrogen and oxygen atoms in total. The Balaban J connectivity index is 2.73. The van der Waals surface area contributed by atoms with E-state index >= 15 is 0 Å². The van der Waals surface area contributed by atoms with E-state index in [1.165, 1.54) is 6.08 Å². The second-order valence-corrected chi connectivity index (χ2v) is 1.81. The van der Waals surface area contributed by atoms with Crippen molar-refractivity contribution in [3.63, 3.8) is 0 Å². The number of nitrogens with zero attached hydrogens (tertiary/aromatic N) is 1. The maximum absolute atomic E-state index is 12.5. The van der Waals surface area contributed by atoms with Crippen molar-refractivity contribution in [1.29, 1.82) is 0 Å². The molecule has 4 heteroatoms. The van der Waals surface area contributed by atoms with Crippen LogP contribution in [0, 0.1) is 0 Å². The molecule has 10 heavy (non-hydrogen) atoms. The first kappa shape index (κ1) is 6.80. The van der Waals surface area contributed by atoms with Gasteiger partial charge in [0.05, 0.1) is 0 Å². The maximum atomic E-state index is 12.5. The van der Waals surface area contributed by atoms with Gasteiger partial charge < -0.3 is 5.11 Å². The standard InChI is InChI=1S/C6H6FNO2/c7-5-3-1-2-4-8(5)6(9)10/h1-3H,4H2,(H,9,10). The highest BCUT2D eigenvalue weighted by Gasteiger charge is 2.16. The molecule has 0 unspecified atom stereocenters. The van der Waals surface area contributed by atoms with E-state index in [1.54, 1.807) is 6.08 Å². The number of carbonyl (C=O) groups is 1. The van der Waals surface area contributed by atoms with Crippen molar-refractivity contribution in [2.45, 2.75) is 0 Å². The highest BCUT2D eigenvalue weighted by Crippen LogP contribution is 2.10. The summed E-state index contributed by atoms with van der Waals surface area (Å²) < 4.78 is 12.5. The Morgan fingerprint density at radius 3 is 2.90 bits per heavy atom. The molecule has 1 heterocycles. The van der Waals surface area contributed by atoms with E-state index in [9.17, 15) is 9.18 Å². The zero-order chi connectivity index (χ0) is 7.56. The van der Waals surface area contributed by atoms with Crippen LogP contribution in [-0.2, 0) is 0 Å². The average molecular weight is 143 g/mol. The predicted molar refractivity (Wildman–Crippen MR) is 33.1 cm³/mol. The van der Waals surface area contributed by atoms with Crippen LogP contribution in [0.4, 0.5) is 9.18 Å². The van der Waals surface area contributed by atoms with E-state index in [1.807, 2.05) is 0 Å². The van der Waals surface area contributed by atoms with E-state index < -0.39 is 12.0 Å². The number of carboxylic acid groups (broad SMARTS) is 1. The fraction of sp³-hybridized carbons (Fsp3) is 0.167. The van der Waals surface area contributed by atoms with Crippen LogP contribution in [0.25, 0.3) is 0 Å². The maximum Gasteiger partial charge on any atom is 0.413 e. The lowest BCUT2D eigenvalue weighted by molar-refractivity contribution is 0.152. The summed E-state index contributed by atoms with van der Waals surface area (Å²) in [5.41, 5.74) is 0. The molecule has 0 bridgehead atoms. The molecular formula is C6H6FNO2. The molecule has 1 rings (SSSR count). The van der Waals surface area contributed by atoms with Gasteiger partial charge in [0.1, 0.15) is 0 Å². The van der Waals surface area contributed by atoms with Crippen LogP contribution >= 0.6 is 0 Å². The van der Waals surface area contributed by atoms with Gasteiger partial charge in [0, 0.05) is 6.54 Å². The first-order chi connectivity index (χ1) is 4.72. The number of amides is 1. The molecule has 0 saturated heterocycles. The molecule has 0 aromatic rings. The van der Waals surface area contributed by atoms with Gasteiger partial charge in [-0.3, -0.25) is 0 Å². The molecule has 0 radical (unpaired) electrons. The van der Waals surface area contributed by atoms with E-state index in [0.29, 0.717) is 4.90 Å². The third kappa shape index (κ3) is 1.15. The fourth-order valence-corrected chi connectivity index (χ4v) is 0.660. The van der Waals surface area contributed by atoms with E-state index in [2.05, 4.69) is 0 Å². The molecule has 1 amide bonds. The highest BCUT2D eigenvalue weighted by atomic mass is 19.1. The zero-order valence-corrected chi connectivity index (χ0v) is 5.12. The number of allylic oxidation sites excluding steroid dienone is 2. The van der Waals surface area contributed by atoms with Gasteiger partial charge in [-0.25, -0.2) is 9.69 Å². The van der Waals surface area contributed by atoms with Crippen molar-refractivity contribution >= 4 is 6.09 Å². The van der Waals surface area contributed by atoms with Crippen molar-refractivity contribution in [3.8, 4) is 0 Å². The van der Waals surface area contributed by atoms with Gasteiger partial charge in [-0.1, -0.05) is 12.2 Å². The highest BCUT2D eigenvalue weighted by molar-refractivity contribution is 5.67. The third-order valence-corrected chi connectivity index (χ3v) is 1.15. The molecule has 1 aliphatic heterocycles. The minimum Gasteiger partial charge on any atom is -0.465 e. The quantitative estimate of drug-likeness (QED) is 0.520. The van der Waals surface area contributed by atoms with Crippen LogP contribution < -0.4 is 0 Å². The minimum atomic E-state index is -1.27. The van der Waals surface area contributed by atoms with E-state index in [4.69, 9.17) is 5.11 Å². The van der Waals surface area contributed by atoms with Crippen LogP contribution in [0.2, 0.25) is 0 Å². The Bertz CT molecular complexity index is 210. The van der Waals surface area contributed by atoms with Crippen molar-refractivity contribution < 1.29 is 14.3 Å². The van der Waals surface area contributed by atoms with Crippen LogP contribution in [0.15, 0.2) is 24.2 Å². The summed E-state index contributed by atoms with van der Waals surface area (Å²) in [6.07, 6.45) is 2.89. The summed E-state index contributed by atoms with van der Waals surface area (Å²) in [5, 5.41) is 8.32. The van der Waals surface area contributed by atoms with Gasteiger partial charge >= 0.3 is 6.09 Å². The molecular weight excluding hydrogens is 137 g/mol. The van der Waals surface area contributed by atoms with Gasteiger partial charge in [-0.2, -0.15) is 4.39 Å². The topological polar surface area (TPSA) is 40.5 Å². The molecule has 1 aliphatic rings. The summed E-state index contributed by atoms with van der Waals surface area (Å²) in [6.45, 7) is 0.0949. The summed E-state index contributed by atoms with van der Waals surface area (Å²) in [4.78, 5) is 10.8. The van der Waals surface area contributed by atoms with E-state index in [0.717, 1.165) is 6.08 Å². The van der Waals surface area contributed by atoms with Gasteiger partial charge in [0.2, 0.25) is 0 Å². The van der Waals surface area contributed by atoms with Crippen LogP contribution in [0.3, 0.4) is 0 Å². The van der Waals surface area contributed by atoms with E-state index in [-0.39, 0.29) is 6.54 Å². The van der Waals surface area contributed by atoms with Crippen molar-refractivity contribution in [3.05, 3.63) is 24.2 Å². The molecule has 0 spiro atoms. The lowest BCUT2D eigenvalue weighted by Gasteiger charge is -2.15. The van der Waals surface area contributed by atoms with Crippen LogP contribution in [0.5, 0.6) is 0 Å². The first-order valence-electron chi connectivity index (χ1n) is 2.74. The number of rotatable bonds is 0. The smallest absolute Gasteiger partial charge is 0.413 e. The van der Waals surface area contributed by atoms with Crippen molar-refractivity contribution in [2.24, 2.45) is 0 Å². The Labute approximate surface area is 57.1 Å². The Morgan fingerprint density at radius 1 is 1.80 bits per heavy atom. The summed E-state index contributed by atoms with van der Waals surface area (Å²) in [6, 6.07) is 0. The number of hydrogen-bond acceptors (Lipinski definition) is 1. The summed E-state index contributed by atoms with van der Waals surface area (Å²) in [5.74, 6) is -0.727. The molecule has 1 N–H and O–H groups in total. The monoisotopic (exact) mass is 143 g/mol. The van der Waals surface area contributed by atoms with Crippen molar-refractivity contribution in [1.82, 2.24) is 4.90 Å². The Hall–Kier alpha value is -1.32. The largest absolute Gasteiger partial charge is 0.465 e. The fourth-order valence-electron chi connectivity index (χ4n) is 0.660. The minimum absolute atomic E-state index is 0.0949. The molecule has 0 aromatic carbocycles. The van der Waals surface area contributed by atoms with Crippen molar-refractivity contribution in [2.75, 3.05) is 6.54 Å². The molecule has 54 valence electrons. The summed E-state index contributed by atoms with van der Waals surface area (Å²) >= 11 is 0. The van der Waals surface area contributed by atoms with Gasteiger partial charge in [-0.15, -0.1) is 0 Å². The molecule has 0 saturated carbocycles. The lowest BCUT2D eigenvalue weighted by atomic mass is 10.3.